The Bertz CT molecular complexity index is 273. The van der Waals surface area contributed by atoms with Gasteiger partial charge in [-0.3, -0.25) is 4.79 Å². The highest BCUT2D eigenvalue weighted by atomic mass is 16.5. The fourth-order valence-electron chi connectivity index (χ4n) is 2.67. The molecule has 1 saturated carbocycles. The summed E-state index contributed by atoms with van der Waals surface area (Å²) in [4.78, 5) is 12.1. The van der Waals surface area contributed by atoms with E-state index in [9.17, 15) is 4.79 Å². The Morgan fingerprint density at radius 1 is 1.19 bits per heavy atom. The van der Waals surface area contributed by atoms with Crippen molar-refractivity contribution in [3.05, 3.63) is 0 Å². The zero-order valence-corrected chi connectivity index (χ0v) is 11.8. The smallest absolute Gasteiger partial charge is 0.137 e. The van der Waals surface area contributed by atoms with Gasteiger partial charge >= 0.3 is 0 Å². The van der Waals surface area contributed by atoms with Gasteiger partial charge in [-0.05, 0) is 31.1 Å². The number of ether oxygens (including phenoxy) is 1. The lowest BCUT2D eigenvalue weighted by atomic mass is 9.97. The van der Waals surface area contributed by atoms with Crippen LogP contribution in [0.5, 0.6) is 0 Å². The molecule has 0 aromatic carbocycles. The van der Waals surface area contributed by atoms with Gasteiger partial charge in [-0.1, -0.05) is 27.7 Å². The predicted octanol–water partition coefficient (Wildman–Crippen LogP) is 3.44. The zero-order chi connectivity index (χ0) is 12.8. The van der Waals surface area contributed by atoms with Gasteiger partial charge in [0.1, 0.15) is 5.78 Å². The first-order valence-corrected chi connectivity index (χ1v) is 6.14. The van der Waals surface area contributed by atoms with Crippen LogP contribution < -0.4 is 0 Å². The van der Waals surface area contributed by atoms with Crippen LogP contribution in [0, 0.1) is 16.7 Å². The molecule has 0 atom stereocenters. The first-order chi connectivity index (χ1) is 7.06. The summed E-state index contributed by atoms with van der Waals surface area (Å²) in [5, 5.41) is 0. The van der Waals surface area contributed by atoms with Crippen LogP contribution in [0.1, 0.15) is 54.4 Å². The average Bonchev–Trinajstić information content (AvgIpc) is 2.54. The monoisotopic (exact) mass is 226 g/mol. The van der Waals surface area contributed by atoms with E-state index >= 15 is 0 Å². The number of ketones is 1. The number of hydrogen-bond acceptors (Lipinski definition) is 2. The molecular weight excluding hydrogens is 200 g/mol. The summed E-state index contributed by atoms with van der Waals surface area (Å²) in [6.07, 6.45) is 1.45. The van der Waals surface area contributed by atoms with Gasteiger partial charge in [-0.2, -0.15) is 0 Å². The summed E-state index contributed by atoms with van der Waals surface area (Å²) in [7, 11) is 1.70. The molecule has 1 rings (SSSR count). The van der Waals surface area contributed by atoms with E-state index in [0.29, 0.717) is 12.2 Å². The third-order valence-corrected chi connectivity index (χ3v) is 4.87. The van der Waals surface area contributed by atoms with Crippen LogP contribution >= 0.6 is 0 Å². The van der Waals surface area contributed by atoms with Crippen molar-refractivity contribution in [2.75, 3.05) is 7.11 Å². The van der Waals surface area contributed by atoms with E-state index in [1.807, 2.05) is 13.8 Å². The maximum absolute atomic E-state index is 12.1. The van der Waals surface area contributed by atoms with Crippen LogP contribution in [-0.2, 0) is 9.53 Å². The molecule has 0 aromatic rings. The van der Waals surface area contributed by atoms with Gasteiger partial charge in [0.15, 0.2) is 0 Å². The maximum atomic E-state index is 12.1. The van der Waals surface area contributed by atoms with Crippen LogP contribution in [0.25, 0.3) is 0 Å². The molecule has 0 aliphatic heterocycles. The van der Waals surface area contributed by atoms with Gasteiger partial charge in [-0.25, -0.2) is 0 Å². The van der Waals surface area contributed by atoms with Crippen molar-refractivity contribution in [2.24, 2.45) is 16.7 Å². The molecule has 0 spiro atoms. The number of Topliss-reactive ketones (excluding diaryl/α,β-unsaturated/α-hetero) is 1. The fourth-order valence-corrected chi connectivity index (χ4v) is 2.67. The standard InChI is InChI=1S/C14H26O2/c1-12(2,16-7)9-8-10(15)11-13(3,4)14(11,5)6/h11H,8-9H2,1-7H3. The summed E-state index contributed by atoms with van der Waals surface area (Å²) >= 11 is 0. The minimum absolute atomic E-state index is 0.168. The summed E-state index contributed by atoms with van der Waals surface area (Å²) < 4.78 is 5.34. The van der Waals surface area contributed by atoms with Gasteiger partial charge in [0.25, 0.3) is 0 Å². The summed E-state index contributed by atoms with van der Waals surface area (Å²) in [5.41, 5.74) is 0.154. The number of carbonyl (C=O) groups excluding carboxylic acids is 1. The molecule has 0 amide bonds. The number of rotatable bonds is 5. The van der Waals surface area contributed by atoms with Crippen molar-refractivity contribution in [3.8, 4) is 0 Å². The third-order valence-electron chi connectivity index (χ3n) is 4.87. The van der Waals surface area contributed by atoms with E-state index in [-0.39, 0.29) is 22.3 Å². The second-order valence-electron chi connectivity index (χ2n) is 6.81. The zero-order valence-electron chi connectivity index (χ0n) is 11.8. The second kappa shape index (κ2) is 3.83. The highest BCUT2D eigenvalue weighted by molar-refractivity contribution is 5.86. The van der Waals surface area contributed by atoms with E-state index in [4.69, 9.17) is 4.74 Å². The number of carbonyl (C=O) groups is 1. The molecule has 0 radical (unpaired) electrons. The molecule has 94 valence electrons. The van der Waals surface area contributed by atoms with Gasteiger partial charge in [-0.15, -0.1) is 0 Å². The van der Waals surface area contributed by atoms with E-state index in [0.717, 1.165) is 6.42 Å². The van der Waals surface area contributed by atoms with Crippen molar-refractivity contribution in [1.29, 1.82) is 0 Å². The fraction of sp³-hybridized carbons (Fsp3) is 0.929. The molecule has 1 fully saturated rings. The number of methoxy groups -OCH3 is 1. The van der Waals surface area contributed by atoms with Crippen LogP contribution in [-0.4, -0.2) is 18.5 Å². The maximum Gasteiger partial charge on any atom is 0.137 e. The lowest BCUT2D eigenvalue weighted by molar-refractivity contribution is -0.122. The average molecular weight is 226 g/mol. The van der Waals surface area contributed by atoms with Crippen molar-refractivity contribution in [1.82, 2.24) is 0 Å². The van der Waals surface area contributed by atoms with Crippen LogP contribution in [0.2, 0.25) is 0 Å². The van der Waals surface area contributed by atoms with Crippen LogP contribution in [0.4, 0.5) is 0 Å². The van der Waals surface area contributed by atoms with E-state index < -0.39 is 0 Å². The molecule has 0 unspecified atom stereocenters. The summed E-state index contributed by atoms with van der Waals surface area (Å²) in [5.74, 6) is 0.632. The molecule has 1 aliphatic carbocycles. The molecular formula is C14H26O2. The van der Waals surface area contributed by atoms with Gasteiger partial charge < -0.3 is 4.74 Å². The SMILES string of the molecule is COC(C)(C)CCC(=O)C1C(C)(C)C1(C)C. The van der Waals surface area contributed by atoms with Crippen LogP contribution in [0.15, 0.2) is 0 Å². The summed E-state index contributed by atoms with van der Waals surface area (Å²) in [6.45, 7) is 12.8. The van der Waals surface area contributed by atoms with E-state index in [1.54, 1.807) is 7.11 Å². The van der Waals surface area contributed by atoms with Gasteiger partial charge in [0.05, 0.1) is 5.60 Å². The normalized spacial score (nSPS) is 23.2. The molecule has 2 heteroatoms. The lowest BCUT2D eigenvalue weighted by Gasteiger charge is -2.22. The summed E-state index contributed by atoms with van der Waals surface area (Å²) in [6, 6.07) is 0. The topological polar surface area (TPSA) is 26.3 Å². The molecule has 0 heterocycles. The quantitative estimate of drug-likeness (QED) is 0.717. The first-order valence-electron chi connectivity index (χ1n) is 6.14. The Morgan fingerprint density at radius 2 is 1.62 bits per heavy atom. The Balaban J connectivity index is 2.51. The molecule has 1 aliphatic rings. The molecule has 2 nitrogen and oxygen atoms in total. The minimum atomic E-state index is -0.182. The van der Waals surface area contributed by atoms with Gasteiger partial charge in [0, 0.05) is 19.4 Å². The third kappa shape index (κ3) is 2.17. The molecule has 0 N–H and O–H groups in total. The van der Waals surface area contributed by atoms with E-state index in [1.165, 1.54) is 0 Å². The highest BCUT2D eigenvalue weighted by Gasteiger charge is 2.67. The second-order valence-corrected chi connectivity index (χ2v) is 6.81. The Morgan fingerprint density at radius 3 is 1.94 bits per heavy atom. The first kappa shape index (κ1) is 13.7. The van der Waals surface area contributed by atoms with Crippen molar-refractivity contribution in [2.45, 2.75) is 60.0 Å². The largest absolute Gasteiger partial charge is 0.379 e. The Hall–Kier alpha value is -0.370. The molecule has 0 aromatic heterocycles. The van der Waals surface area contributed by atoms with Gasteiger partial charge in [0.2, 0.25) is 0 Å². The molecule has 16 heavy (non-hydrogen) atoms. The predicted molar refractivity (Wildman–Crippen MR) is 66.4 cm³/mol. The highest BCUT2D eigenvalue weighted by Crippen LogP contribution is 2.68. The lowest BCUT2D eigenvalue weighted by Crippen LogP contribution is -2.24. The minimum Gasteiger partial charge on any atom is -0.379 e. The van der Waals surface area contributed by atoms with E-state index in [2.05, 4.69) is 27.7 Å². The Kier molecular flexibility index (Phi) is 3.28. The van der Waals surface area contributed by atoms with Crippen molar-refractivity contribution >= 4 is 5.78 Å². The number of hydrogen-bond donors (Lipinski definition) is 0. The van der Waals surface area contributed by atoms with Crippen LogP contribution in [0.3, 0.4) is 0 Å². The van der Waals surface area contributed by atoms with Crippen molar-refractivity contribution in [3.63, 3.8) is 0 Å². The van der Waals surface area contributed by atoms with Crippen molar-refractivity contribution < 1.29 is 9.53 Å². The molecule has 0 bridgehead atoms. The molecule has 0 saturated heterocycles. The Labute approximate surface area is 99.8 Å².